The molecule has 90 valence electrons. The van der Waals surface area contributed by atoms with Crippen molar-refractivity contribution in [1.82, 2.24) is 0 Å². The van der Waals surface area contributed by atoms with Gasteiger partial charge in [-0.15, -0.1) is 0 Å². The monoisotopic (exact) mass is 219 g/mol. The van der Waals surface area contributed by atoms with Crippen LogP contribution in [0.25, 0.3) is 0 Å². The molecule has 0 atom stereocenters. The maximum absolute atomic E-state index is 3.50. The Morgan fingerprint density at radius 3 is 2.56 bits per heavy atom. The summed E-state index contributed by atoms with van der Waals surface area (Å²) in [6.07, 6.45) is 7.66. The summed E-state index contributed by atoms with van der Waals surface area (Å²) in [5, 5.41) is 3.50. The summed E-state index contributed by atoms with van der Waals surface area (Å²) in [4.78, 5) is 0. The normalized spacial score (nSPS) is 10.4. The van der Waals surface area contributed by atoms with Crippen LogP contribution in [0.3, 0.4) is 0 Å². The molecule has 0 aliphatic rings. The SMILES string of the molecule is CCCCCNc1cccc(CCCC)c1. The van der Waals surface area contributed by atoms with Crippen molar-refractivity contribution in [2.45, 2.75) is 52.4 Å². The van der Waals surface area contributed by atoms with E-state index in [-0.39, 0.29) is 0 Å². The van der Waals surface area contributed by atoms with E-state index < -0.39 is 0 Å². The summed E-state index contributed by atoms with van der Waals surface area (Å²) in [5.41, 5.74) is 2.74. The average Bonchev–Trinajstić information content (AvgIpc) is 2.33. The largest absolute Gasteiger partial charge is 0.385 e. The van der Waals surface area contributed by atoms with E-state index in [0.717, 1.165) is 6.54 Å². The van der Waals surface area contributed by atoms with Gasteiger partial charge in [-0.1, -0.05) is 45.2 Å². The molecule has 0 fully saturated rings. The molecular weight excluding hydrogens is 194 g/mol. The van der Waals surface area contributed by atoms with Crippen molar-refractivity contribution in [3.05, 3.63) is 29.8 Å². The number of rotatable bonds is 8. The molecule has 1 aromatic carbocycles. The third-order valence-electron chi connectivity index (χ3n) is 2.86. The minimum Gasteiger partial charge on any atom is -0.385 e. The molecule has 0 saturated carbocycles. The van der Waals surface area contributed by atoms with Crippen molar-refractivity contribution in [3.63, 3.8) is 0 Å². The molecule has 0 unspecified atom stereocenters. The van der Waals surface area contributed by atoms with Crippen LogP contribution in [0.4, 0.5) is 5.69 Å². The van der Waals surface area contributed by atoms with Gasteiger partial charge in [0.05, 0.1) is 0 Å². The summed E-state index contributed by atoms with van der Waals surface area (Å²) in [5.74, 6) is 0. The third kappa shape index (κ3) is 5.20. The van der Waals surface area contributed by atoms with Crippen molar-refractivity contribution in [2.75, 3.05) is 11.9 Å². The Morgan fingerprint density at radius 1 is 1.00 bits per heavy atom. The molecule has 16 heavy (non-hydrogen) atoms. The van der Waals surface area contributed by atoms with Crippen LogP contribution in [0.5, 0.6) is 0 Å². The first-order valence-electron chi connectivity index (χ1n) is 6.69. The molecule has 0 saturated heterocycles. The van der Waals surface area contributed by atoms with Crippen LogP contribution >= 0.6 is 0 Å². The molecule has 1 rings (SSSR count). The zero-order valence-electron chi connectivity index (χ0n) is 10.8. The standard InChI is InChI=1S/C15H25N/c1-3-5-7-12-16-15-11-8-10-14(13-15)9-6-4-2/h8,10-11,13,16H,3-7,9,12H2,1-2H3. The first-order valence-corrected chi connectivity index (χ1v) is 6.69. The summed E-state index contributed by atoms with van der Waals surface area (Å²) in [7, 11) is 0. The van der Waals surface area contributed by atoms with Gasteiger partial charge in [-0.3, -0.25) is 0 Å². The zero-order chi connectivity index (χ0) is 11.6. The molecule has 0 heterocycles. The predicted octanol–water partition coefficient (Wildman–Crippen LogP) is 4.63. The van der Waals surface area contributed by atoms with Crippen LogP contribution in [-0.2, 0) is 6.42 Å². The van der Waals surface area contributed by atoms with E-state index in [9.17, 15) is 0 Å². The van der Waals surface area contributed by atoms with Gasteiger partial charge in [0.25, 0.3) is 0 Å². The fraction of sp³-hybridized carbons (Fsp3) is 0.600. The van der Waals surface area contributed by atoms with Gasteiger partial charge in [-0.25, -0.2) is 0 Å². The minimum absolute atomic E-state index is 1.10. The molecule has 0 spiro atoms. The van der Waals surface area contributed by atoms with Crippen LogP contribution in [0, 0.1) is 0 Å². The fourth-order valence-corrected chi connectivity index (χ4v) is 1.83. The maximum atomic E-state index is 3.50. The summed E-state index contributed by atoms with van der Waals surface area (Å²) in [6, 6.07) is 8.85. The lowest BCUT2D eigenvalue weighted by atomic mass is 10.1. The van der Waals surface area contributed by atoms with Gasteiger partial charge < -0.3 is 5.32 Å². The van der Waals surface area contributed by atoms with Gasteiger partial charge in [0.1, 0.15) is 0 Å². The average molecular weight is 219 g/mol. The lowest BCUT2D eigenvalue weighted by molar-refractivity contribution is 0.743. The predicted molar refractivity (Wildman–Crippen MR) is 73.1 cm³/mol. The summed E-state index contributed by atoms with van der Waals surface area (Å²) >= 11 is 0. The number of hydrogen-bond acceptors (Lipinski definition) is 1. The van der Waals surface area contributed by atoms with Crippen LogP contribution in [-0.4, -0.2) is 6.54 Å². The summed E-state index contributed by atoms with van der Waals surface area (Å²) < 4.78 is 0. The van der Waals surface area contributed by atoms with E-state index in [1.807, 2.05) is 0 Å². The van der Waals surface area contributed by atoms with Crippen LogP contribution in [0.2, 0.25) is 0 Å². The Labute approximate surface area is 100 Å². The van der Waals surface area contributed by atoms with E-state index in [2.05, 4.69) is 43.4 Å². The Hall–Kier alpha value is -0.980. The Bertz CT molecular complexity index is 281. The number of benzene rings is 1. The number of unbranched alkanes of at least 4 members (excludes halogenated alkanes) is 3. The third-order valence-corrected chi connectivity index (χ3v) is 2.86. The number of hydrogen-bond donors (Lipinski definition) is 1. The van der Waals surface area contributed by atoms with E-state index >= 15 is 0 Å². The minimum atomic E-state index is 1.10. The van der Waals surface area contributed by atoms with E-state index in [0.29, 0.717) is 0 Å². The number of aryl methyl sites for hydroxylation is 1. The topological polar surface area (TPSA) is 12.0 Å². The van der Waals surface area contributed by atoms with Crippen molar-refractivity contribution in [3.8, 4) is 0 Å². The highest BCUT2D eigenvalue weighted by Gasteiger charge is 1.95. The first-order chi connectivity index (χ1) is 7.86. The van der Waals surface area contributed by atoms with Gasteiger partial charge in [-0.05, 0) is 37.0 Å². The second-order valence-corrected chi connectivity index (χ2v) is 4.44. The lowest BCUT2D eigenvalue weighted by Crippen LogP contribution is -2.01. The molecule has 1 heteroatoms. The van der Waals surface area contributed by atoms with E-state index in [1.165, 1.54) is 49.8 Å². The molecule has 0 radical (unpaired) electrons. The summed E-state index contributed by atoms with van der Waals surface area (Å²) in [6.45, 7) is 5.59. The molecule has 1 aromatic rings. The molecule has 0 aliphatic carbocycles. The molecule has 0 aromatic heterocycles. The number of anilines is 1. The molecule has 1 N–H and O–H groups in total. The smallest absolute Gasteiger partial charge is 0.0342 e. The Morgan fingerprint density at radius 2 is 1.81 bits per heavy atom. The van der Waals surface area contributed by atoms with Gasteiger partial charge in [0, 0.05) is 12.2 Å². The van der Waals surface area contributed by atoms with Crippen LogP contribution < -0.4 is 5.32 Å². The van der Waals surface area contributed by atoms with E-state index in [1.54, 1.807) is 0 Å². The Kier molecular flexibility index (Phi) is 6.71. The van der Waals surface area contributed by atoms with Gasteiger partial charge >= 0.3 is 0 Å². The van der Waals surface area contributed by atoms with Gasteiger partial charge in [-0.2, -0.15) is 0 Å². The Balaban J connectivity index is 2.35. The lowest BCUT2D eigenvalue weighted by Gasteiger charge is -2.07. The van der Waals surface area contributed by atoms with Crippen LogP contribution in [0.1, 0.15) is 51.5 Å². The first kappa shape index (κ1) is 13.1. The molecule has 0 aliphatic heterocycles. The van der Waals surface area contributed by atoms with E-state index in [4.69, 9.17) is 0 Å². The molecule has 0 amide bonds. The highest BCUT2D eigenvalue weighted by atomic mass is 14.9. The van der Waals surface area contributed by atoms with Crippen LogP contribution in [0.15, 0.2) is 24.3 Å². The zero-order valence-corrected chi connectivity index (χ0v) is 10.8. The van der Waals surface area contributed by atoms with Crippen molar-refractivity contribution >= 4 is 5.69 Å². The van der Waals surface area contributed by atoms with Crippen molar-refractivity contribution in [1.29, 1.82) is 0 Å². The second kappa shape index (κ2) is 8.20. The van der Waals surface area contributed by atoms with Gasteiger partial charge in [0.15, 0.2) is 0 Å². The maximum Gasteiger partial charge on any atom is 0.0342 e. The highest BCUT2D eigenvalue weighted by molar-refractivity contribution is 5.45. The molecule has 0 bridgehead atoms. The fourth-order valence-electron chi connectivity index (χ4n) is 1.83. The van der Waals surface area contributed by atoms with Crippen molar-refractivity contribution < 1.29 is 0 Å². The molecule has 1 nitrogen and oxygen atoms in total. The highest BCUT2D eigenvalue weighted by Crippen LogP contribution is 2.13. The van der Waals surface area contributed by atoms with Gasteiger partial charge in [0.2, 0.25) is 0 Å². The number of nitrogens with one attached hydrogen (secondary N) is 1. The second-order valence-electron chi connectivity index (χ2n) is 4.44. The molecular formula is C15H25N. The quantitative estimate of drug-likeness (QED) is 0.628. The van der Waals surface area contributed by atoms with Crippen molar-refractivity contribution in [2.24, 2.45) is 0 Å².